The average Bonchev–Trinajstić information content (AvgIpc) is 2.27. The lowest BCUT2D eigenvalue weighted by Crippen LogP contribution is -2.54. The number of carbonyl (C=O) groups excluding carboxylic acids is 1. The Morgan fingerprint density at radius 2 is 2.22 bits per heavy atom. The van der Waals surface area contributed by atoms with Crippen LogP contribution in [-0.4, -0.2) is 44.5 Å². The van der Waals surface area contributed by atoms with E-state index >= 15 is 0 Å². The lowest BCUT2D eigenvalue weighted by Gasteiger charge is -2.38. The molecule has 7 heteroatoms. The van der Waals surface area contributed by atoms with Crippen molar-refractivity contribution in [1.82, 2.24) is 4.72 Å². The number of esters is 1. The topological polar surface area (TPSA) is 92.7 Å². The average molecular weight is 279 g/mol. The molecule has 1 rings (SSSR count). The highest BCUT2D eigenvalue weighted by Crippen LogP contribution is 2.32. The van der Waals surface area contributed by atoms with Crippen LogP contribution in [0.4, 0.5) is 0 Å². The zero-order valence-electron chi connectivity index (χ0n) is 10.8. The standard InChI is InChI=1S/C11H21NO5S/c1-9-4-3-5-11(6-9,8-13)12-18(15,16)7-10(14)17-2/h9,12-13H,3-8H2,1-2H3. The molecule has 2 N–H and O–H groups in total. The Balaban J connectivity index is 2.75. The van der Waals surface area contributed by atoms with Gasteiger partial charge in [-0.3, -0.25) is 4.79 Å². The predicted molar refractivity (Wildman–Crippen MR) is 66.4 cm³/mol. The van der Waals surface area contributed by atoms with Gasteiger partial charge >= 0.3 is 5.97 Å². The van der Waals surface area contributed by atoms with Crippen LogP contribution in [0.15, 0.2) is 0 Å². The van der Waals surface area contributed by atoms with E-state index in [1.165, 1.54) is 0 Å². The summed E-state index contributed by atoms with van der Waals surface area (Å²) in [5.74, 6) is -1.16. The van der Waals surface area contributed by atoms with Crippen LogP contribution < -0.4 is 4.72 Å². The van der Waals surface area contributed by atoms with Crippen molar-refractivity contribution in [1.29, 1.82) is 0 Å². The van der Waals surface area contributed by atoms with E-state index < -0.39 is 27.3 Å². The van der Waals surface area contributed by atoms with Gasteiger partial charge < -0.3 is 9.84 Å². The van der Waals surface area contributed by atoms with Crippen molar-refractivity contribution in [3.8, 4) is 0 Å². The number of aliphatic hydroxyl groups is 1. The SMILES string of the molecule is COC(=O)CS(=O)(=O)NC1(CO)CCCC(C)C1. The summed E-state index contributed by atoms with van der Waals surface area (Å²) in [4.78, 5) is 11.0. The highest BCUT2D eigenvalue weighted by Gasteiger charge is 2.38. The first-order valence-electron chi connectivity index (χ1n) is 6.02. The smallest absolute Gasteiger partial charge is 0.322 e. The van der Waals surface area contributed by atoms with E-state index in [9.17, 15) is 18.3 Å². The van der Waals surface area contributed by atoms with Crippen LogP contribution in [0.5, 0.6) is 0 Å². The second kappa shape index (κ2) is 5.99. The molecule has 0 aromatic heterocycles. The van der Waals surface area contributed by atoms with E-state index in [0.717, 1.165) is 20.0 Å². The molecule has 0 bridgehead atoms. The van der Waals surface area contributed by atoms with Gasteiger partial charge in [-0.2, -0.15) is 0 Å². The van der Waals surface area contributed by atoms with E-state index in [0.29, 0.717) is 18.8 Å². The molecule has 0 aromatic carbocycles. The van der Waals surface area contributed by atoms with E-state index in [-0.39, 0.29) is 6.61 Å². The Morgan fingerprint density at radius 1 is 1.56 bits per heavy atom. The number of ether oxygens (including phenoxy) is 1. The van der Waals surface area contributed by atoms with Gasteiger partial charge in [-0.1, -0.05) is 19.8 Å². The molecule has 0 amide bonds. The number of nitrogens with one attached hydrogen (secondary N) is 1. The molecule has 18 heavy (non-hydrogen) atoms. The minimum absolute atomic E-state index is 0.252. The summed E-state index contributed by atoms with van der Waals surface area (Å²) in [6, 6.07) is 0. The molecule has 0 radical (unpaired) electrons. The first-order valence-corrected chi connectivity index (χ1v) is 7.67. The molecule has 2 unspecified atom stereocenters. The molecular weight excluding hydrogens is 258 g/mol. The largest absolute Gasteiger partial charge is 0.468 e. The van der Waals surface area contributed by atoms with Crippen LogP contribution >= 0.6 is 0 Å². The maximum Gasteiger partial charge on any atom is 0.322 e. The third kappa shape index (κ3) is 4.22. The van der Waals surface area contributed by atoms with Crippen molar-refractivity contribution in [2.24, 2.45) is 5.92 Å². The maximum atomic E-state index is 11.8. The Kier molecular flexibility index (Phi) is 5.12. The van der Waals surface area contributed by atoms with Crippen LogP contribution in [0.1, 0.15) is 32.6 Å². The van der Waals surface area contributed by atoms with Gasteiger partial charge in [0.05, 0.1) is 19.3 Å². The van der Waals surface area contributed by atoms with Crippen LogP contribution in [0.3, 0.4) is 0 Å². The molecule has 1 aliphatic rings. The van der Waals surface area contributed by atoms with E-state index in [1.54, 1.807) is 0 Å². The van der Waals surface area contributed by atoms with Crippen LogP contribution in [0.25, 0.3) is 0 Å². The highest BCUT2D eigenvalue weighted by atomic mass is 32.2. The summed E-state index contributed by atoms with van der Waals surface area (Å²) in [6.07, 6.45) is 3.07. The Labute approximate surface area is 108 Å². The van der Waals surface area contributed by atoms with Crippen LogP contribution in [0, 0.1) is 5.92 Å². The molecule has 0 aliphatic heterocycles. The zero-order chi connectivity index (χ0) is 13.8. The van der Waals surface area contributed by atoms with E-state index in [2.05, 4.69) is 9.46 Å². The van der Waals surface area contributed by atoms with Crippen molar-refractivity contribution < 1.29 is 23.1 Å². The number of hydrogen-bond donors (Lipinski definition) is 2. The lowest BCUT2D eigenvalue weighted by atomic mass is 9.78. The van der Waals surface area contributed by atoms with Crippen molar-refractivity contribution in [3.05, 3.63) is 0 Å². The number of methoxy groups -OCH3 is 1. The van der Waals surface area contributed by atoms with Crippen molar-refractivity contribution >= 4 is 16.0 Å². The monoisotopic (exact) mass is 279 g/mol. The fraction of sp³-hybridized carbons (Fsp3) is 0.909. The summed E-state index contributed by atoms with van der Waals surface area (Å²) >= 11 is 0. The summed E-state index contributed by atoms with van der Waals surface area (Å²) in [5.41, 5.74) is -0.829. The number of carbonyl (C=O) groups is 1. The molecule has 1 aliphatic carbocycles. The van der Waals surface area contributed by atoms with Gasteiger partial charge in [0.25, 0.3) is 0 Å². The summed E-state index contributed by atoms with van der Waals surface area (Å²) in [7, 11) is -2.63. The van der Waals surface area contributed by atoms with Gasteiger partial charge in [-0.15, -0.1) is 0 Å². The second-order valence-corrected chi connectivity index (χ2v) is 6.80. The first-order chi connectivity index (χ1) is 8.32. The fourth-order valence-electron chi connectivity index (χ4n) is 2.51. The third-order valence-electron chi connectivity index (χ3n) is 3.30. The van der Waals surface area contributed by atoms with Gasteiger partial charge in [0.1, 0.15) is 0 Å². The van der Waals surface area contributed by atoms with Crippen molar-refractivity contribution in [2.45, 2.75) is 38.1 Å². The van der Waals surface area contributed by atoms with Crippen LogP contribution in [0.2, 0.25) is 0 Å². The fourth-order valence-corrected chi connectivity index (χ4v) is 3.92. The summed E-state index contributed by atoms with van der Waals surface area (Å²) < 4.78 is 30.4. The van der Waals surface area contributed by atoms with Gasteiger partial charge in [0, 0.05) is 0 Å². The predicted octanol–water partition coefficient (Wildman–Crippen LogP) is 0.0200. The van der Waals surface area contributed by atoms with Crippen molar-refractivity contribution in [3.63, 3.8) is 0 Å². The maximum absolute atomic E-state index is 11.8. The second-order valence-electron chi connectivity index (χ2n) is 5.08. The first kappa shape index (κ1) is 15.4. The molecule has 0 heterocycles. The highest BCUT2D eigenvalue weighted by molar-refractivity contribution is 7.90. The number of sulfonamides is 1. The molecule has 0 saturated heterocycles. The summed E-state index contributed by atoms with van der Waals surface area (Å²) in [5, 5.41) is 9.47. The molecule has 1 saturated carbocycles. The minimum Gasteiger partial charge on any atom is -0.468 e. The number of hydrogen-bond acceptors (Lipinski definition) is 5. The number of rotatable bonds is 5. The molecule has 0 spiro atoms. The van der Waals surface area contributed by atoms with E-state index in [1.807, 2.05) is 6.92 Å². The third-order valence-corrected chi connectivity index (χ3v) is 4.66. The van der Waals surface area contributed by atoms with Gasteiger partial charge in [-0.25, -0.2) is 13.1 Å². The number of aliphatic hydroxyl groups excluding tert-OH is 1. The Hall–Kier alpha value is -0.660. The molecule has 1 fully saturated rings. The van der Waals surface area contributed by atoms with Crippen LogP contribution in [-0.2, 0) is 19.6 Å². The molecule has 106 valence electrons. The van der Waals surface area contributed by atoms with E-state index in [4.69, 9.17) is 0 Å². The van der Waals surface area contributed by atoms with Gasteiger partial charge in [-0.05, 0) is 18.8 Å². The zero-order valence-corrected chi connectivity index (χ0v) is 11.6. The quantitative estimate of drug-likeness (QED) is 0.692. The molecular formula is C11H21NO5S. The lowest BCUT2D eigenvalue weighted by molar-refractivity contribution is -0.137. The molecule has 6 nitrogen and oxygen atoms in total. The Bertz CT molecular complexity index is 394. The normalized spacial score (nSPS) is 28.9. The van der Waals surface area contributed by atoms with Gasteiger partial charge in [0.2, 0.25) is 10.0 Å². The molecule has 2 atom stereocenters. The summed E-state index contributed by atoms with van der Waals surface area (Å²) in [6.45, 7) is 1.77. The Morgan fingerprint density at radius 3 is 2.72 bits per heavy atom. The minimum atomic E-state index is -3.77. The molecule has 0 aromatic rings. The van der Waals surface area contributed by atoms with Gasteiger partial charge in [0.15, 0.2) is 5.75 Å². The van der Waals surface area contributed by atoms with Crippen molar-refractivity contribution in [2.75, 3.05) is 19.5 Å².